The summed E-state index contributed by atoms with van der Waals surface area (Å²) in [5.41, 5.74) is 4.39. The van der Waals surface area contributed by atoms with E-state index in [1.54, 1.807) is 0 Å². The van der Waals surface area contributed by atoms with Crippen molar-refractivity contribution < 1.29 is 0 Å². The van der Waals surface area contributed by atoms with E-state index in [1.807, 2.05) is 0 Å². The van der Waals surface area contributed by atoms with Gasteiger partial charge in [-0.2, -0.15) is 0 Å². The quantitative estimate of drug-likeness (QED) is 0.661. The average molecular weight is 273 g/mol. The normalized spacial score (nSPS) is 18.0. The lowest BCUT2D eigenvalue weighted by Gasteiger charge is -2.20. The predicted octanol–water partition coefficient (Wildman–Crippen LogP) is 4.57. The smallest absolute Gasteiger partial charge is 0.0392 e. The van der Waals surface area contributed by atoms with Crippen LogP contribution in [-0.4, -0.2) is 11.9 Å². The number of hydrogen-bond donors (Lipinski definition) is 0. The summed E-state index contributed by atoms with van der Waals surface area (Å²) in [6.07, 6.45) is 1.08. The van der Waals surface area contributed by atoms with E-state index in [0.717, 1.165) is 13.0 Å². The Morgan fingerprint density at radius 1 is 0.905 bits per heavy atom. The second-order valence-corrected chi connectivity index (χ2v) is 6.02. The monoisotopic (exact) mass is 273 g/mol. The lowest BCUT2D eigenvalue weighted by atomic mass is 9.97. The summed E-state index contributed by atoms with van der Waals surface area (Å²) in [7, 11) is 2.23. The van der Waals surface area contributed by atoms with Crippen LogP contribution >= 0.6 is 0 Å². The van der Waals surface area contributed by atoms with Crippen molar-refractivity contribution in [3.63, 3.8) is 0 Å². The van der Waals surface area contributed by atoms with Crippen LogP contribution in [0.4, 0.5) is 0 Å². The molecule has 1 nitrogen and oxygen atoms in total. The lowest BCUT2D eigenvalue weighted by Crippen LogP contribution is -2.18. The van der Waals surface area contributed by atoms with Gasteiger partial charge in [0, 0.05) is 12.6 Å². The van der Waals surface area contributed by atoms with Crippen LogP contribution in [0.5, 0.6) is 0 Å². The molecule has 0 aromatic heterocycles. The minimum absolute atomic E-state index is 0.502. The topological polar surface area (TPSA) is 3.24 Å². The molecule has 0 fully saturated rings. The summed E-state index contributed by atoms with van der Waals surface area (Å²) in [6, 6.07) is 24.8. The van der Waals surface area contributed by atoms with E-state index in [-0.39, 0.29) is 0 Å². The van der Waals surface area contributed by atoms with Crippen LogP contribution in [0.2, 0.25) is 0 Å². The fourth-order valence-electron chi connectivity index (χ4n) is 3.47. The molecule has 0 radical (unpaired) electrons. The molecule has 0 unspecified atom stereocenters. The maximum absolute atomic E-state index is 2.46. The first-order valence-electron chi connectivity index (χ1n) is 7.57. The van der Waals surface area contributed by atoms with E-state index in [2.05, 4.69) is 78.7 Å². The maximum Gasteiger partial charge on any atom is 0.0392 e. The summed E-state index contributed by atoms with van der Waals surface area (Å²) in [4.78, 5) is 2.46. The molecule has 0 saturated heterocycles. The van der Waals surface area contributed by atoms with Crippen molar-refractivity contribution in [2.75, 3.05) is 7.05 Å². The Labute approximate surface area is 125 Å². The molecule has 0 spiro atoms. The van der Waals surface area contributed by atoms with Gasteiger partial charge in [-0.15, -0.1) is 0 Å². The van der Waals surface area contributed by atoms with E-state index in [0.29, 0.717) is 6.04 Å². The van der Waals surface area contributed by atoms with Crippen molar-refractivity contribution in [2.45, 2.75) is 19.0 Å². The molecule has 3 aromatic rings. The molecule has 0 N–H and O–H groups in total. The number of benzene rings is 3. The average Bonchev–Trinajstić information content (AvgIpc) is 2.83. The number of hydrogen-bond acceptors (Lipinski definition) is 1. The van der Waals surface area contributed by atoms with Gasteiger partial charge in [0.15, 0.2) is 0 Å². The third kappa shape index (κ3) is 2.24. The Hall–Kier alpha value is -2.12. The molecule has 1 aliphatic rings. The first-order valence-corrected chi connectivity index (χ1v) is 7.57. The molecule has 0 aliphatic carbocycles. The van der Waals surface area contributed by atoms with Gasteiger partial charge >= 0.3 is 0 Å². The van der Waals surface area contributed by atoms with Crippen molar-refractivity contribution in [3.8, 4) is 0 Å². The van der Waals surface area contributed by atoms with Gasteiger partial charge in [-0.25, -0.2) is 0 Å². The Morgan fingerprint density at radius 3 is 2.57 bits per heavy atom. The molecule has 1 heteroatoms. The summed E-state index contributed by atoms with van der Waals surface area (Å²) in [5, 5.41) is 2.66. The summed E-state index contributed by atoms with van der Waals surface area (Å²) < 4.78 is 0. The highest BCUT2D eigenvalue weighted by atomic mass is 15.1. The van der Waals surface area contributed by atoms with Gasteiger partial charge < -0.3 is 0 Å². The molecule has 1 aliphatic heterocycles. The highest BCUT2D eigenvalue weighted by molar-refractivity contribution is 5.83. The molecule has 1 atom stereocenters. The molecule has 0 saturated carbocycles. The molecule has 21 heavy (non-hydrogen) atoms. The Morgan fingerprint density at radius 2 is 1.67 bits per heavy atom. The van der Waals surface area contributed by atoms with Gasteiger partial charge in [0.1, 0.15) is 0 Å². The molecular formula is C20H19N. The Bertz CT molecular complexity index is 790. The molecule has 0 bridgehead atoms. The zero-order valence-corrected chi connectivity index (χ0v) is 12.3. The maximum atomic E-state index is 2.46. The van der Waals surface area contributed by atoms with Gasteiger partial charge in [-0.1, -0.05) is 66.7 Å². The van der Waals surface area contributed by atoms with Crippen LogP contribution in [-0.2, 0) is 13.0 Å². The van der Waals surface area contributed by atoms with Gasteiger partial charge in [-0.05, 0) is 40.9 Å². The standard InChI is InChI=1S/C20H19N/c1-21-14-18-8-4-5-9-19(18)20(21)13-15-10-11-16-6-2-3-7-17(16)12-15/h2-12,20H,13-14H2,1H3/t20-/m1/s1. The first kappa shape index (κ1) is 12.6. The highest BCUT2D eigenvalue weighted by Gasteiger charge is 2.26. The largest absolute Gasteiger partial charge is 0.295 e. The lowest BCUT2D eigenvalue weighted by molar-refractivity contribution is 0.267. The predicted molar refractivity (Wildman–Crippen MR) is 88.3 cm³/mol. The van der Waals surface area contributed by atoms with E-state index < -0.39 is 0 Å². The van der Waals surface area contributed by atoms with Crippen LogP contribution in [0.15, 0.2) is 66.7 Å². The van der Waals surface area contributed by atoms with Crippen molar-refractivity contribution in [2.24, 2.45) is 0 Å². The van der Waals surface area contributed by atoms with Crippen molar-refractivity contribution in [1.29, 1.82) is 0 Å². The second kappa shape index (κ2) is 5.01. The number of rotatable bonds is 2. The molecule has 0 amide bonds. The molecule has 1 heterocycles. The van der Waals surface area contributed by atoms with Crippen LogP contribution < -0.4 is 0 Å². The Balaban J connectivity index is 1.68. The van der Waals surface area contributed by atoms with Gasteiger partial charge in [0.25, 0.3) is 0 Å². The molecule has 104 valence electrons. The SMILES string of the molecule is CN1Cc2ccccc2[C@H]1Cc1ccc2ccccc2c1. The zero-order valence-electron chi connectivity index (χ0n) is 12.3. The molecule has 3 aromatic carbocycles. The van der Waals surface area contributed by atoms with Crippen LogP contribution in [0.1, 0.15) is 22.7 Å². The highest BCUT2D eigenvalue weighted by Crippen LogP contribution is 2.34. The van der Waals surface area contributed by atoms with Crippen LogP contribution in [0, 0.1) is 0 Å². The summed E-state index contributed by atoms with van der Waals surface area (Å²) >= 11 is 0. The summed E-state index contributed by atoms with van der Waals surface area (Å²) in [5.74, 6) is 0. The van der Waals surface area contributed by atoms with E-state index in [9.17, 15) is 0 Å². The second-order valence-electron chi connectivity index (χ2n) is 6.02. The van der Waals surface area contributed by atoms with Crippen LogP contribution in [0.3, 0.4) is 0 Å². The van der Waals surface area contributed by atoms with E-state index >= 15 is 0 Å². The van der Waals surface area contributed by atoms with Crippen molar-refractivity contribution >= 4 is 10.8 Å². The van der Waals surface area contributed by atoms with Crippen molar-refractivity contribution in [1.82, 2.24) is 4.90 Å². The fourth-order valence-corrected chi connectivity index (χ4v) is 3.47. The number of likely N-dealkylation sites (N-methyl/N-ethyl adjacent to an activating group) is 1. The van der Waals surface area contributed by atoms with Crippen molar-refractivity contribution in [3.05, 3.63) is 83.4 Å². The minimum atomic E-state index is 0.502. The molecular weight excluding hydrogens is 254 g/mol. The number of fused-ring (bicyclic) bond motifs is 2. The van der Waals surface area contributed by atoms with Crippen LogP contribution in [0.25, 0.3) is 10.8 Å². The van der Waals surface area contributed by atoms with E-state index in [1.165, 1.54) is 27.5 Å². The molecule has 4 rings (SSSR count). The first-order chi connectivity index (χ1) is 10.3. The number of nitrogens with zero attached hydrogens (tertiary/aromatic N) is 1. The van der Waals surface area contributed by atoms with Gasteiger partial charge in [0.05, 0.1) is 0 Å². The third-order valence-electron chi connectivity index (χ3n) is 4.61. The van der Waals surface area contributed by atoms with E-state index in [4.69, 9.17) is 0 Å². The van der Waals surface area contributed by atoms with Gasteiger partial charge in [0.2, 0.25) is 0 Å². The zero-order chi connectivity index (χ0) is 14.2. The summed E-state index contributed by atoms with van der Waals surface area (Å²) in [6.45, 7) is 1.06. The Kier molecular flexibility index (Phi) is 3.01. The third-order valence-corrected chi connectivity index (χ3v) is 4.61. The van der Waals surface area contributed by atoms with Gasteiger partial charge in [-0.3, -0.25) is 4.90 Å². The minimum Gasteiger partial charge on any atom is -0.295 e. The fraction of sp³-hybridized carbons (Fsp3) is 0.200.